The Hall–Kier alpha value is -2.69. The maximum atomic E-state index is 12.2. The Balaban J connectivity index is 1.51. The van der Waals surface area contributed by atoms with E-state index >= 15 is 0 Å². The van der Waals surface area contributed by atoms with Gasteiger partial charge in [-0.25, -0.2) is 0 Å². The zero-order chi connectivity index (χ0) is 17.6. The SMILES string of the molecule is CCOc1ccccc1OCC(=O)N[C@@H]1C[C@@H]1c1ccccc1OC. The van der Waals surface area contributed by atoms with E-state index in [1.165, 1.54) is 0 Å². The molecule has 1 aliphatic rings. The smallest absolute Gasteiger partial charge is 0.258 e. The van der Waals surface area contributed by atoms with Crippen molar-refractivity contribution in [3.63, 3.8) is 0 Å². The minimum atomic E-state index is -0.131. The van der Waals surface area contributed by atoms with Crippen LogP contribution in [-0.2, 0) is 4.79 Å². The molecule has 2 aromatic carbocycles. The molecule has 1 N–H and O–H groups in total. The first kappa shape index (κ1) is 17.1. The highest BCUT2D eigenvalue weighted by Crippen LogP contribution is 2.44. The van der Waals surface area contributed by atoms with Crippen LogP contribution in [-0.4, -0.2) is 32.3 Å². The first-order chi connectivity index (χ1) is 12.2. The highest BCUT2D eigenvalue weighted by molar-refractivity contribution is 5.78. The molecular weight excluding hydrogens is 318 g/mol. The molecule has 3 rings (SSSR count). The van der Waals surface area contributed by atoms with Gasteiger partial charge in [0, 0.05) is 12.0 Å². The summed E-state index contributed by atoms with van der Waals surface area (Å²) in [6.45, 7) is 2.43. The second-order valence-electron chi connectivity index (χ2n) is 5.93. The first-order valence-corrected chi connectivity index (χ1v) is 8.49. The molecule has 1 fully saturated rings. The van der Waals surface area contributed by atoms with Crippen LogP contribution in [0.2, 0.25) is 0 Å². The van der Waals surface area contributed by atoms with Crippen LogP contribution in [0.5, 0.6) is 17.2 Å². The standard InChI is InChI=1S/C20H23NO4/c1-3-24-18-10-6-7-11-19(18)25-13-20(22)21-16-12-15(16)14-8-4-5-9-17(14)23-2/h4-11,15-16H,3,12-13H2,1-2H3,(H,21,22)/t15-,16-/m1/s1. The topological polar surface area (TPSA) is 56.8 Å². The van der Waals surface area contributed by atoms with Gasteiger partial charge in [0.05, 0.1) is 13.7 Å². The van der Waals surface area contributed by atoms with Gasteiger partial charge in [0.15, 0.2) is 18.1 Å². The molecule has 0 aromatic heterocycles. The predicted molar refractivity (Wildman–Crippen MR) is 95.4 cm³/mol. The van der Waals surface area contributed by atoms with Gasteiger partial charge < -0.3 is 19.5 Å². The van der Waals surface area contributed by atoms with Crippen molar-refractivity contribution < 1.29 is 19.0 Å². The molecule has 5 nitrogen and oxygen atoms in total. The largest absolute Gasteiger partial charge is 0.496 e. The van der Waals surface area contributed by atoms with Gasteiger partial charge in [-0.3, -0.25) is 4.79 Å². The quantitative estimate of drug-likeness (QED) is 0.801. The Bertz CT molecular complexity index is 731. The number of carbonyl (C=O) groups excluding carboxylic acids is 1. The summed E-state index contributed by atoms with van der Waals surface area (Å²) >= 11 is 0. The van der Waals surface area contributed by atoms with Gasteiger partial charge in [-0.2, -0.15) is 0 Å². The molecule has 2 aromatic rings. The summed E-state index contributed by atoms with van der Waals surface area (Å²) in [6, 6.07) is 15.4. The first-order valence-electron chi connectivity index (χ1n) is 8.49. The molecule has 0 heterocycles. The number of nitrogens with one attached hydrogen (secondary N) is 1. The molecular formula is C20H23NO4. The predicted octanol–water partition coefficient (Wildman–Crippen LogP) is 3.15. The maximum Gasteiger partial charge on any atom is 0.258 e. The maximum absolute atomic E-state index is 12.2. The van der Waals surface area contributed by atoms with E-state index in [2.05, 4.69) is 5.32 Å². The number of para-hydroxylation sites is 3. The third-order valence-electron chi connectivity index (χ3n) is 4.18. The fraction of sp³-hybridized carbons (Fsp3) is 0.350. The van der Waals surface area contributed by atoms with E-state index in [0.29, 0.717) is 24.0 Å². The molecule has 25 heavy (non-hydrogen) atoms. The highest BCUT2D eigenvalue weighted by atomic mass is 16.5. The molecule has 0 unspecified atom stereocenters. The van der Waals surface area contributed by atoms with Gasteiger partial charge >= 0.3 is 0 Å². The number of ether oxygens (including phenoxy) is 3. The lowest BCUT2D eigenvalue weighted by atomic mass is 10.1. The summed E-state index contributed by atoms with van der Waals surface area (Å²) in [7, 11) is 1.67. The lowest BCUT2D eigenvalue weighted by Crippen LogP contribution is -2.31. The van der Waals surface area contributed by atoms with E-state index < -0.39 is 0 Å². The van der Waals surface area contributed by atoms with Crippen LogP contribution < -0.4 is 19.5 Å². The summed E-state index contributed by atoms with van der Waals surface area (Å²) in [5.74, 6) is 2.27. The van der Waals surface area contributed by atoms with Crippen molar-refractivity contribution in [2.75, 3.05) is 20.3 Å². The normalized spacial score (nSPS) is 18.3. The molecule has 0 saturated heterocycles. The molecule has 5 heteroatoms. The zero-order valence-corrected chi connectivity index (χ0v) is 14.5. The van der Waals surface area contributed by atoms with Crippen LogP contribution >= 0.6 is 0 Å². The van der Waals surface area contributed by atoms with Crippen molar-refractivity contribution in [2.24, 2.45) is 0 Å². The van der Waals surface area contributed by atoms with Crippen LogP contribution in [0, 0.1) is 0 Å². The second-order valence-corrected chi connectivity index (χ2v) is 5.93. The van der Waals surface area contributed by atoms with Crippen molar-refractivity contribution in [1.29, 1.82) is 0 Å². The van der Waals surface area contributed by atoms with Crippen LogP contribution in [0.4, 0.5) is 0 Å². The average molecular weight is 341 g/mol. The molecule has 0 spiro atoms. The van der Waals surface area contributed by atoms with E-state index in [0.717, 1.165) is 17.7 Å². The van der Waals surface area contributed by atoms with Gasteiger partial charge in [0.1, 0.15) is 5.75 Å². The third kappa shape index (κ3) is 4.24. The van der Waals surface area contributed by atoms with Crippen LogP contribution in [0.3, 0.4) is 0 Å². The van der Waals surface area contributed by atoms with Gasteiger partial charge in [-0.05, 0) is 37.1 Å². The summed E-state index contributed by atoms with van der Waals surface area (Å²) in [6.07, 6.45) is 0.918. The average Bonchev–Trinajstić information content (AvgIpc) is 3.40. The van der Waals surface area contributed by atoms with Crippen LogP contribution in [0.1, 0.15) is 24.8 Å². The number of methoxy groups -OCH3 is 1. The molecule has 0 radical (unpaired) electrons. The Morgan fingerprint density at radius 3 is 2.36 bits per heavy atom. The summed E-state index contributed by atoms with van der Waals surface area (Å²) < 4.78 is 16.5. The van der Waals surface area contributed by atoms with Crippen molar-refractivity contribution in [1.82, 2.24) is 5.32 Å². The van der Waals surface area contributed by atoms with Gasteiger partial charge in [-0.15, -0.1) is 0 Å². The van der Waals surface area contributed by atoms with E-state index in [1.807, 2.05) is 49.4 Å². The molecule has 1 amide bonds. The summed E-state index contributed by atoms with van der Waals surface area (Å²) in [5, 5.41) is 3.02. The van der Waals surface area contributed by atoms with Crippen molar-refractivity contribution >= 4 is 5.91 Å². The Morgan fingerprint density at radius 1 is 1.04 bits per heavy atom. The summed E-state index contributed by atoms with van der Waals surface area (Å²) in [5.41, 5.74) is 1.14. The fourth-order valence-corrected chi connectivity index (χ4v) is 2.91. The van der Waals surface area contributed by atoms with E-state index in [9.17, 15) is 4.79 Å². The number of amides is 1. The monoisotopic (exact) mass is 341 g/mol. The minimum absolute atomic E-state index is 0.0285. The number of carbonyl (C=O) groups is 1. The zero-order valence-electron chi connectivity index (χ0n) is 14.5. The number of hydrogen-bond donors (Lipinski definition) is 1. The van der Waals surface area contributed by atoms with Crippen LogP contribution in [0.25, 0.3) is 0 Å². The Labute approximate surface area is 147 Å². The lowest BCUT2D eigenvalue weighted by Gasteiger charge is -2.12. The molecule has 1 saturated carbocycles. The molecule has 2 atom stereocenters. The second kappa shape index (κ2) is 7.92. The third-order valence-corrected chi connectivity index (χ3v) is 4.18. The lowest BCUT2D eigenvalue weighted by molar-refractivity contribution is -0.123. The van der Waals surface area contributed by atoms with E-state index in [1.54, 1.807) is 13.2 Å². The Morgan fingerprint density at radius 2 is 1.68 bits per heavy atom. The van der Waals surface area contributed by atoms with Crippen molar-refractivity contribution in [3.8, 4) is 17.2 Å². The highest BCUT2D eigenvalue weighted by Gasteiger charge is 2.41. The van der Waals surface area contributed by atoms with E-state index in [4.69, 9.17) is 14.2 Å². The molecule has 1 aliphatic carbocycles. The molecule has 132 valence electrons. The molecule has 0 aliphatic heterocycles. The van der Waals surface area contributed by atoms with E-state index in [-0.39, 0.29) is 18.6 Å². The number of benzene rings is 2. The van der Waals surface area contributed by atoms with Crippen molar-refractivity contribution in [3.05, 3.63) is 54.1 Å². The van der Waals surface area contributed by atoms with Gasteiger partial charge in [0.25, 0.3) is 5.91 Å². The number of hydrogen-bond acceptors (Lipinski definition) is 4. The fourth-order valence-electron chi connectivity index (χ4n) is 2.91. The number of rotatable bonds is 8. The van der Waals surface area contributed by atoms with Gasteiger partial charge in [0.2, 0.25) is 0 Å². The van der Waals surface area contributed by atoms with Crippen molar-refractivity contribution in [2.45, 2.75) is 25.3 Å². The van der Waals surface area contributed by atoms with Crippen LogP contribution in [0.15, 0.2) is 48.5 Å². The molecule has 0 bridgehead atoms. The van der Waals surface area contributed by atoms with Gasteiger partial charge in [-0.1, -0.05) is 30.3 Å². The minimum Gasteiger partial charge on any atom is -0.496 e. The summed E-state index contributed by atoms with van der Waals surface area (Å²) in [4.78, 5) is 12.2. The Kier molecular flexibility index (Phi) is 5.43.